The van der Waals surface area contributed by atoms with Crippen LogP contribution in [0.2, 0.25) is 5.02 Å². The third-order valence-corrected chi connectivity index (χ3v) is 6.13. The fourth-order valence-electron chi connectivity index (χ4n) is 4.27. The number of likely N-dealkylation sites (N-methyl/N-ethyl adjacent to an activating group) is 1. The van der Waals surface area contributed by atoms with Gasteiger partial charge in [-0.25, -0.2) is 13.6 Å². The lowest BCUT2D eigenvalue weighted by atomic mass is 9.77. The zero-order chi connectivity index (χ0) is 21.4. The summed E-state index contributed by atoms with van der Waals surface area (Å²) in [7, 11) is 1.75. The van der Waals surface area contributed by atoms with Crippen molar-refractivity contribution in [1.82, 2.24) is 15.5 Å². The Kier molecular flexibility index (Phi) is 6.22. The summed E-state index contributed by atoms with van der Waals surface area (Å²) in [6.45, 7) is 4.46. The highest BCUT2D eigenvalue weighted by atomic mass is 35.5. The highest BCUT2D eigenvalue weighted by Crippen LogP contribution is 2.44. The molecule has 2 atom stereocenters. The van der Waals surface area contributed by atoms with E-state index in [4.69, 9.17) is 17.3 Å². The topological polar surface area (TPSA) is 70.4 Å². The summed E-state index contributed by atoms with van der Waals surface area (Å²) in [5, 5.41) is 6.77. The molecule has 0 aromatic heterocycles. The quantitative estimate of drug-likeness (QED) is 0.618. The minimum atomic E-state index is -2.54. The van der Waals surface area contributed by atoms with Gasteiger partial charge in [-0.15, -0.1) is 0 Å². The van der Waals surface area contributed by atoms with Gasteiger partial charge in [0.2, 0.25) is 5.92 Å². The molecule has 5 nitrogen and oxygen atoms in total. The summed E-state index contributed by atoms with van der Waals surface area (Å²) in [5.74, 6) is -2.59. The van der Waals surface area contributed by atoms with Gasteiger partial charge in [0.05, 0.1) is 0 Å². The van der Waals surface area contributed by atoms with Crippen LogP contribution in [0.4, 0.5) is 13.6 Å². The molecule has 0 radical (unpaired) electrons. The molecular formula is C21H29ClF2N4O. The van der Waals surface area contributed by atoms with Crippen LogP contribution in [0.3, 0.4) is 0 Å². The number of carbonyl (C=O) groups excluding carboxylic acids is 1. The number of hydrogen-bond acceptors (Lipinski definition) is 3. The largest absolute Gasteiger partial charge is 0.324 e. The van der Waals surface area contributed by atoms with E-state index in [-0.39, 0.29) is 30.8 Å². The highest BCUT2D eigenvalue weighted by molar-refractivity contribution is 6.31. The number of nitrogens with one attached hydrogen (secondary N) is 2. The normalized spacial score (nSPS) is 25.3. The molecule has 1 aliphatic heterocycles. The van der Waals surface area contributed by atoms with Crippen molar-refractivity contribution in [3.05, 3.63) is 46.1 Å². The number of nitrogens with two attached hydrogens (primary N) is 1. The van der Waals surface area contributed by atoms with Crippen molar-refractivity contribution in [3.8, 4) is 0 Å². The van der Waals surface area contributed by atoms with Gasteiger partial charge >= 0.3 is 6.03 Å². The molecule has 1 aliphatic carbocycles. The van der Waals surface area contributed by atoms with Crippen LogP contribution >= 0.6 is 11.6 Å². The molecule has 0 bridgehead atoms. The average Bonchev–Trinajstić information content (AvgIpc) is 2.63. The van der Waals surface area contributed by atoms with E-state index >= 15 is 0 Å². The number of rotatable bonds is 7. The van der Waals surface area contributed by atoms with Crippen LogP contribution in [0.1, 0.15) is 44.2 Å². The molecule has 4 N–H and O–H groups in total. The molecule has 2 aliphatic rings. The lowest BCUT2D eigenvalue weighted by Crippen LogP contribution is -2.63. The van der Waals surface area contributed by atoms with Crippen LogP contribution < -0.4 is 16.4 Å². The summed E-state index contributed by atoms with van der Waals surface area (Å²) < 4.78 is 26.3. The van der Waals surface area contributed by atoms with Gasteiger partial charge in [-0.3, -0.25) is 5.32 Å². The molecule has 0 saturated heterocycles. The predicted molar refractivity (Wildman–Crippen MR) is 111 cm³/mol. The van der Waals surface area contributed by atoms with Gasteiger partial charge in [-0.05, 0) is 49.9 Å². The fraction of sp³-hybridized carbons (Fsp3) is 0.571. The minimum absolute atomic E-state index is 0.0527. The van der Waals surface area contributed by atoms with Crippen molar-refractivity contribution in [2.24, 2.45) is 11.7 Å². The van der Waals surface area contributed by atoms with E-state index < -0.39 is 11.6 Å². The molecule has 1 unspecified atom stereocenters. The summed E-state index contributed by atoms with van der Waals surface area (Å²) in [6.07, 6.45) is 2.97. The number of benzene rings is 1. The second-order valence-electron chi connectivity index (χ2n) is 8.14. The van der Waals surface area contributed by atoms with Gasteiger partial charge in [0.15, 0.2) is 0 Å². The second kappa shape index (κ2) is 8.20. The van der Waals surface area contributed by atoms with Crippen molar-refractivity contribution >= 4 is 17.6 Å². The van der Waals surface area contributed by atoms with E-state index in [1.54, 1.807) is 18.0 Å². The molecule has 29 heavy (non-hydrogen) atoms. The first-order valence-corrected chi connectivity index (χ1v) is 10.4. The van der Waals surface area contributed by atoms with E-state index in [1.807, 2.05) is 32.2 Å². The average molecular weight is 427 g/mol. The molecular weight excluding hydrogens is 398 g/mol. The smallest absolute Gasteiger partial charge is 0.323 e. The van der Waals surface area contributed by atoms with Gasteiger partial charge in [0, 0.05) is 42.2 Å². The van der Waals surface area contributed by atoms with E-state index in [9.17, 15) is 13.6 Å². The van der Waals surface area contributed by atoms with E-state index in [2.05, 4.69) is 10.6 Å². The Bertz CT molecular complexity index is 806. The van der Waals surface area contributed by atoms with E-state index in [1.165, 1.54) is 0 Å². The number of urea groups is 1. The molecule has 1 saturated carbocycles. The van der Waals surface area contributed by atoms with Crippen molar-refractivity contribution < 1.29 is 13.6 Å². The van der Waals surface area contributed by atoms with Crippen LogP contribution in [0.15, 0.2) is 30.0 Å². The van der Waals surface area contributed by atoms with Gasteiger partial charge in [0.25, 0.3) is 0 Å². The molecule has 3 rings (SSSR count). The van der Waals surface area contributed by atoms with Crippen LogP contribution in [-0.2, 0) is 12.1 Å². The van der Waals surface area contributed by atoms with Gasteiger partial charge in [0.1, 0.15) is 5.66 Å². The predicted octanol–water partition coefficient (Wildman–Crippen LogP) is 3.97. The molecule has 8 heteroatoms. The van der Waals surface area contributed by atoms with Crippen molar-refractivity contribution in [2.45, 2.75) is 57.2 Å². The van der Waals surface area contributed by atoms with Crippen LogP contribution in [0.5, 0.6) is 0 Å². The maximum Gasteiger partial charge on any atom is 0.323 e. The zero-order valence-electron chi connectivity index (χ0n) is 17.1. The fourth-order valence-corrected chi connectivity index (χ4v) is 4.53. The van der Waals surface area contributed by atoms with Gasteiger partial charge in [-0.2, -0.15) is 0 Å². The summed E-state index contributed by atoms with van der Waals surface area (Å²) in [5.41, 5.74) is 7.67. The Morgan fingerprint density at radius 1 is 1.41 bits per heavy atom. The lowest BCUT2D eigenvalue weighted by Gasteiger charge is -2.44. The van der Waals surface area contributed by atoms with Gasteiger partial charge in [-0.1, -0.05) is 30.7 Å². The maximum absolute atomic E-state index is 13.1. The number of halogens is 3. The Hall–Kier alpha value is -1.70. The Morgan fingerprint density at radius 3 is 2.62 bits per heavy atom. The van der Waals surface area contributed by atoms with Crippen LogP contribution in [0, 0.1) is 5.92 Å². The van der Waals surface area contributed by atoms with E-state index in [0.717, 1.165) is 23.1 Å². The van der Waals surface area contributed by atoms with Crippen molar-refractivity contribution in [1.29, 1.82) is 0 Å². The van der Waals surface area contributed by atoms with Crippen LogP contribution in [0.25, 0.3) is 0 Å². The molecule has 1 heterocycles. The molecule has 1 aromatic carbocycles. The number of alkyl halides is 2. The standard InChI is InChI=1S/C21H29ClF2N4O/c1-4-7-28-12-17(13(2)25)21(26-3,27-19(28)29)16-6-5-15(18(22)9-16)8-14-10-20(23,24)11-14/h5-6,9,12-14,26H,4,7-8,10-11,25H2,1-3H3,(H,27,29)/t13?,21-/m0/s1. The summed E-state index contributed by atoms with van der Waals surface area (Å²) in [4.78, 5) is 14.3. The number of hydrogen-bond donors (Lipinski definition) is 3. The Balaban J connectivity index is 1.92. The first-order chi connectivity index (χ1) is 13.6. The second-order valence-corrected chi connectivity index (χ2v) is 8.54. The molecule has 1 aromatic rings. The zero-order valence-corrected chi connectivity index (χ0v) is 17.8. The maximum atomic E-state index is 13.1. The third kappa shape index (κ3) is 4.27. The Morgan fingerprint density at radius 2 is 2.10 bits per heavy atom. The summed E-state index contributed by atoms with van der Waals surface area (Å²) >= 11 is 6.52. The monoisotopic (exact) mass is 426 g/mol. The number of nitrogens with zero attached hydrogens (tertiary/aromatic N) is 1. The number of amides is 2. The van der Waals surface area contributed by atoms with E-state index in [0.29, 0.717) is 18.0 Å². The minimum Gasteiger partial charge on any atom is -0.324 e. The van der Waals surface area contributed by atoms with Gasteiger partial charge < -0.3 is 16.0 Å². The Labute approximate surface area is 175 Å². The van der Waals surface area contributed by atoms with Crippen LogP contribution in [-0.4, -0.2) is 36.5 Å². The lowest BCUT2D eigenvalue weighted by molar-refractivity contribution is -0.109. The first kappa shape index (κ1) is 22.0. The SMILES string of the molecule is CCCN1C=C(C(C)N)[C@](NC)(c2ccc(CC3CC(F)(F)C3)c(Cl)c2)NC1=O. The highest BCUT2D eigenvalue weighted by Gasteiger charge is 2.45. The molecule has 160 valence electrons. The molecule has 1 fully saturated rings. The van der Waals surface area contributed by atoms with Crippen molar-refractivity contribution in [2.75, 3.05) is 13.6 Å². The summed E-state index contributed by atoms with van der Waals surface area (Å²) in [6, 6.07) is 4.98. The number of carbonyl (C=O) groups is 1. The molecule has 2 amide bonds. The third-order valence-electron chi connectivity index (χ3n) is 5.78. The first-order valence-electron chi connectivity index (χ1n) is 10.0. The molecule has 0 spiro atoms. The van der Waals surface area contributed by atoms with Crippen molar-refractivity contribution in [3.63, 3.8) is 0 Å².